The van der Waals surface area contributed by atoms with Gasteiger partial charge in [0.1, 0.15) is 0 Å². The highest BCUT2D eigenvalue weighted by atomic mass is 16.5. The molecule has 2 aliphatic carbocycles. The Morgan fingerprint density at radius 2 is 1.10 bits per heavy atom. The largest absolute Gasteiger partial charge is 0.463 e. The minimum Gasteiger partial charge on any atom is -0.463 e. The van der Waals surface area contributed by atoms with Gasteiger partial charge in [-0.2, -0.15) is 0 Å². The highest BCUT2D eigenvalue weighted by Gasteiger charge is 2.57. The lowest BCUT2D eigenvalue weighted by molar-refractivity contribution is -0.142. The van der Waals surface area contributed by atoms with Crippen LogP contribution in [0.2, 0.25) is 0 Å². The summed E-state index contributed by atoms with van der Waals surface area (Å²) in [7, 11) is 0. The molecule has 2 bridgehead atoms. The molecule has 2 aromatic rings. The van der Waals surface area contributed by atoms with E-state index < -0.39 is 11.9 Å². The molecule has 1 fully saturated rings. The smallest absolute Gasteiger partial charge is 0.334 e. The van der Waals surface area contributed by atoms with Gasteiger partial charge in [-0.3, -0.25) is 0 Å². The van der Waals surface area contributed by atoms with E-state index in [9.17, 15) is 9.59 Å². The van der Waals surface area contributed by atoms with Crippen molar-refractivity contribution in [3.63, 3.8) is 0 Å². The highest BCUT2D eigenvalue weighted by molar-refractivity contribution is 6.03. The second-order valence-electron chi connectivity index (χ2n) is 8.10. The average molecular weight is 421 g/mol. The van der Waals surface area contributed by atoms with Crippen LogP contribution in [-0.4, -0.2) is 25.2 Å². The molecule has 4 atom stereocenters. The van der Waals surface area contributed by atoms with E-state index in [1.807, 2.05) is 48.5 Å². The van der Waals surface area contributed by atoms with Gasteiger partial charge in [-0.15, -0.1) is 0 Å². The van der Waals surface area contributed by atoms with Crippen LogP contribution >= 0.6 is 0 Å². The van der Waals surface area contributed by atoms with Crippen LogP contribution in [0, 0.1) is 11.8 Å². The number of esters is 2. The molecule has 2 aromatic carbocycles. The lowest BCUT2D eigenvalue weighted by Crippen LogP contribution is -2.29. The van der Waals surface area contributed by atoms with Gasteiger partial charge in [0.15, 0.2) is 0 Å². The molecular formula is C25H28N2O4. The summed E-state index contributed by atoms with van der Waals surface area (Å²) in [6.45, 7) is 4.04. The molecule has 0 unspecified atom stereocenters. The third-order valence-electron chi connectivity index (χ3n) is 6.43. The molecule has 0 radical (unpaired) electrons. The Kier molecular flexibility index (Phi) is 5.72. The van der Waals surface area contributed by atoms with Crippen molar-refractivity contribution < 1.29 is 19.1 Å². The normalized spacial score (nSPS) is 24.3. The molecular weight excluding hydrogens is 392 g/mol. The molecule has 2 aliphatic rings. The molecule has 162 valence electrons. The van der Waals surface area contributed by atoms with Gasteiger partial charge in [-0.05, 0) is 79.3 Å². The second kappa shape index (κ2) is 8.46. The van der Waals surface area contributed by atoms with E-state index in [-0.39, 0.29) is 36.9 Å². The van der Waals surface area contributed by atoms with Crippen molar-refractivity contribution in [2.75, 3.05) is 24.7 Å². The maximum Gasteiger partial charge on any atom is 0.334 e. The van der Waals surface area contributed by atoms with Crippen molar-refractivity contribution in [3.8, 4) is 0 Å². The topological polar surface area (TPSA) is 105 Å². The molecule has 0 heterocycles. The average Bonchev–Trinajstić information content (AvgIpc) is 3.32. The van der Waals surface area contributed by atoms with Crippen LogP contribution in [0.3, 0.4) is 0 Å². The minimum absolute atomic E-state index is 0.0202. The SMILES string of the molecule is CCOC(=O)C1=C(C(=O)OCC)[C@@H]2C[C@H]1[C@@H](c1ccc(N)cc1)[C@H]2c1ccc(N)cc1. The summed E-state index contributed by atoms with van der Waals surface area (Å²) in [5.74, 6) is -1.06. The van der Waals surface area contributed by atoms with Crippen LogP contribution in [0.15, 0.2) is 59.7 Å². The Bertz CT molecular complexity index is 929. The molecule has 6 heteroatoms. The monoisotopic (exact) mass is 420 g/mol. The molecule has 4 N–H and O–H groups in total. The van der Waals surface area contributed by atoms with Crippen LogP contribution in [0.4, 0.5) is 11.4 Å². The van der Waals surface area contributed by atoms with Gasteiger partial charge < -0.3 is 20.9 Å². The predicted molar refractivity (Wildman–Crippen MR) is 119 cm³/mol. The number of rotatable bonds is 6. The zero-order valence-electron chi connectivity index (χ0n) is 17.8. The first-order chi connectivity index (χ1) is 15.0. The number of hydrogen-bond acceptors (Lipinski definition) is 6. The first-order valence-corrected chi connectivity index (χ1v) is 10.7. The standard InChI is InChI=1S/C25H28N2O4/c1-3-30-24(28)22-18-13-19(23(22)25(29)31-4-2)21(15-7-11-17(27)12-8-15)20(18)14-5-9-16(26)10-6-14/h5-12,18-21H,3-4,13,26-27H2,1-2H3/t18-,19+,20+,21-. The van der Waals surface area contributed by atoms with Gasteiger partial charge in [-0.25, -0.2) is 9.59 Å². The van der Waals surface area contributed by atoms with E-state index >= 15 is 0 Å². The number of anilines is 2. The van der Waals surface area contributed by atoms with Crippen molar-refractivity contribution >= 4 is 23.3 Å². The van der Waals surface area contributed by atoms with Gasteiger partial charge in [-0.1, -0.05) is 24.3 Å². The van der Waals surface area contributed by atoms with E-state index in [1.54, 1.807) is 13.8 Å². The number of hydrogen-bond donors (Lipinski definition) is 2. The van der Waals surface area contributed by atoms with Crippen molar-refractivity contribution in [3.05, 3.63) is 70.8 Å². The predicted octanol–water partition coefficient (Wildman–Crippen LogP) is 3.79. The summed E-state index contributed by atoms with van der Waals surface area (Å²) in [4.78, 5) is 25.9. The fourth-order valence-electron chi connectivity index (χ4n) is 5.32. The van der Waals surface area contributed by atoms with Crippen molar-refractivity contribution in [1.82, 2.24) is 0 Å². The number of ether oxygens (including phenoxy) is 2. The van der Waals surface area contributed by atoms with Gasteiger partial charge in [0, 0.05) is 11.4 Å². The molecule has 0 aliphatic heterocycles. The third-order valence-corrected chi connectivity index (χ3v) is 6.43. The maximum absolute atomic E-state index is 12.9. The van der Waals surface area contributed by atoms with Gasteiger partial charge >= 0.3 is 11.9 Å². The van der Waals surface area contributed by atoms with E-state index in [1.165, 1.54) is 0 Å². The number of nitrogens with two attached hydrogens (primary N) is 2. The van der Waals surface area contributed by atoms with E-state index in [2.05, 4.69) is 0 Å². The quantitative estimate of drug-likeness (QED) is 0.544. The number of fused-ring (bicyclic) bond motifs is 2. The summed E-state index contributed by atoms with van der Waals surface area (Å²) in [6.07, 6.45) is 0.701. The van der Waals surface area contributed by atoms with E-state index in [0.29, 0.717) is 28.9 Å². The molecule has 4 rings (SSSR count). The number of carbonyl (C=O) groups is 2. The summed E-state index contributed by atoms with van der Waals surface area (Å²) in [5, 5.41) is 0. The number of benzene rings is 2. The maximum atomic E-state index is 12.9. The van der Waals surface area contributed by atoms with Crippen LogP contribution in [-0.2, 0) is 19.1 Å². The van der Waals surface area contributed by atoms with Crippen LogP contribution in [0.1, 0.15) is 43.2 Å². The molecule has 6 nitrogen and oxygen atoms in total. The fraction of sp³-hybridized carbons (Fsp3) is 0.360. The van der Waals surface area contributed by atoms with Crippen molar-refractivity contribution in [2.24, 2.45) is 11.8 Å². The molecule has 0 aromatic heterocycles. The number of nitrogen functional groups attached to an aromatic ring is 2. The summed E-state index contributed by atoms with van der Waals surface area (Å²) >= 11 is 0. The first-order valence-electron chi connectivity index (χ1n) is 10.7. The molecule has 0 saturated heterocycles. The molecule has 31 heavy (non-hydrogen) atoms. The Hall–Kier alpha value is -3.28. The fourth-order valence-corrected chi connectivity index (χ4v) is 5.32. The van der Waals surface area contributed by atoms with Gasteiger partial charge in [0.05, 0.1) is 24.4 Å². The van der Waals surface area contributed by atoms with E-state index in [0.717, 1.165) is 11.1 Å². The molecule has 0 amide bonds. The van der Waals surface area contributed by atoms with Crippen LogP contribution < -0.4 is 11.5 Å². The van der Waals surface area contributed by atoms with Crippen molar-refractivity contribution in [2.45, 2.75) is 32.1 Å². The Balaban J connectivity index is 1.87. The number of carbonyl (C=O) groups excluding carboxylic acids is 2. The molecule has 1 saturated carbocycles. The van der Waals surface area contributed by atoms with Gasteiger partial charge in [0.2, 0.25) is 0 Å². The highest BCUT2D eigenvalue weighted by Crippen LogP contribution is 2.63. The van der Waals surface area contributed by atoms with Crippen LogP contribution in [0.5, 0.6) is 0 Å². The Labute approximate surface area is 182 Å². The first kappa shape index (κ1) is 21.0. The summed E-state index contributed by atoms with van der Waals surface area (Å²) in [6, 6.07) is 15.6. The Morgan fingerprint density at radius 1 is 0.742 bits per heavy atom. The minimum atomic E-state index is -0.422. The lowest BCUT2D eigenvalue weighted by atomic mass is 9.70. The van der Waals surface area contributed by atoms with E-state index in [4.69, 9.17) is 20.9 Å². The second-order valence-corrected chi connectivity index (χ2v) is 8.10. The zero-order chi connectivity index (χ0) is 22.1. The summed E-state index contributed by atoms with van der Waals surface area (Å²) < 4.78 is 10.7. The Morgan fingerprint density at radius 3 is 1.42 bits per heavy atom. The molecule has 0 spiro atoms. The third kappa shape index (κ3) is 3.67. The van der Waals surface area contributed by atoms with Crippen molar-refractivity contribution in [1.29, 1.82) is 0 Å². The summed E-state index contributed by atoms with van der Waals surface area (Å²) in [5.41, 5.74) is 16.3. The van der Waals surface area contributed by atoms with Gasteiger partial charge in [0.25, 0.3) is 0 Å². The van der Waals surface area contributed by atoms with Crippen LogP contribution in [0.25, 0.3) is 0 Å². The lowest BCUT2D eigenvalue weighted by Gasteiger charge is -2.34. The zero-order valence-corrected chi connectivity index (χ0v) is 17.8.